The number of benzene rings is 2. The number of nitrogens with zero attached hydrogens (tertiary/aromatic N) is 1. The third kappa shape index (κ3) is 3.23. The van der Waals surface area contributed by atoms with Crippen LogP contribution in [0.5, 0.6) is 0 Å². The second-order valence-corrected chi connectivity index (χ2v) is 6.58. The van der Waals surface area contributed by atoms with Crippen molar-refractivity contribution in [3.05, 3.63) is 68.3 Å². The molecule has 2 aromatic carbocycles. The molecule has 1 aliphatic rings. The third-order valence-corrected chi connectivity index (χ3v) is 4.28. The summed E-state index contributed by atoms with van der Waals surface area (Å²) in [4.78, 5) is 25.9. The Labute approximate surface area is 157 Å². The van der Waals surface area contributed by atoms with Crippen LogP contribution < -0.4 is 10.2 Å². The number of rotatable bonds is 3. The lowest BCUT2D eigenvalue weighted by Gasteiger charge is -2.15. The van der Waals surface area contributed by atoms with Crippen molar-refractivity contribution >= 4 is 69.6 Å². The molecule has 0 spiro atoms. The Morgan fingerprint density at radius 2 is 1.33 bits per heavy atom. The van der Waals surface area contributed by atoms with Crippen LogP contribution >= 0.6 is 46.4 Å². The van der Waals surface area contributed by atoms with Crippen molar-refractivity contribution in [1.29, 1.82) is 0 Å². The van der Waals surface area contributed by atoms with Crippen molar-refractivity contribution in [3.63, 3.8) is 0 Å². The zero-order chi connectivity index (χ0) is 17.4. The van der Waals surface area contributed by atoms with Gasteiger partial charge < -0.3 is 5.32 Å². The van der Waals surface area contributed by atoms with Gasteiger partial charge in [0.2, 0.25) is 0 Å². The molecule has 0 radical (unpaired) electrons. The normalized spacial score (nSPS) is 14.6. The second-order valence-electron chi connectivity index (χ2n) is 4.89. The lowest BCUT2D eigenvalue weighted by atomic mass is 10.3. The second kappa shape index (κ2) is 6.65. The molecule has 0 atom stereocenters. The van der Waals surface area contributed by atoms with Crippen LogP contribution in [-0.2, 0) is 9.59 Å². The molecule has 0 aromatic heterocycles. The Morgan fingerprint density at radius 3 is 1.92 bits per heavy atom. The fourth-order valence-electron chi connectivity index (χ4n) is 2.21. The predicted molar refractivity (Wildman–Crippen MR) is 96.9 cm³/mol. The molecule has 0 saturated carbocycles. The van der Waals surface area contributed by atoms with E-state index in [-0.39, 0.29) is 10.7 Å². The molecular formula is C16H8Cl4N2O2. The van der Waals surface area contributed by atoms with Crippen molar-refractivity contribution in [2.24, 2.45) is 0 Å². The maximum Gasteiger partial charge on any atom is 0.283 e. The van der Waals surface area contributed by atoms with E-state index in [0.29, 0.717) is 26.4 Å². The first-order valence-electron chi connectivity index (χ1n) is 6.64. The molecule has 0 fully saturated rings. The Hall–Kier alpha value is -1.72. The van der Waals surface area contributed by atoms with Crippen molar-refractivity contribution < 1.29 is 9.59 Å². The van der Waals surface area contributed by atoms with Crippen LogP contribution in [0.25, 0.3) is 0 Å². The van der Waals surface area contributed by atoms with Gasteiger partial charge in [-0.2, -0.15) is 0 Å². The smallest absolute Gasteiger partial charge is 0.283 e. The summed E-state index contributed by atoms with van der Waals surface area (Å²) in [6, 6.07) is 10.9. The number of imide groups is 1. The van der Waals surface area contributed by atoms with E-state index >= 15 is 0 Å². The Morgan fingerprint density at radius 1 is 0.750 bits per heavy atom. The molecule has 1 heterocycles. The summed E-state index contributed by atoms with van der Waals surface area (Å²) in [5, 5.41) is 3.84. The Balaban J connectivity index is 1.93. The molecule has 4 nitrogen and oxygen atoms in total. The molecule has 0 saturated heterocycles. The Kier molecular flexibility index (Phi) is 4.74. The van der Waals surface area contributed by atoms with Gasteiger partial charge in [-0.25, -0.2) is 4.90 Å². The number of amides is 2. The molecule has 2 aromatic rings. The van der Waals surface area contributed by atoms with Gasteiger partial charge in [0.15, 0.2) is 0 Å². The van der Waals surface area contributed by atoms with Gasteiger partial charge in [-0.1, -0.05) is 46.4 Å². The number of hydrogen-bond donors (Lipinski definition) is 1. The van der Waals surface area contributed by atoms with Crippen LogP contribution in [0.15, 0.2) is 53.2 Å². The van der Waals surface area contributed by atoms with Gasteiger partial charge in [0, 0.05) is 20.8 Å². The number of carbonyl (C=O) groups excluding carboxylic acids is 2. The van der Waals surface area contributed by atoms with Gasteiger partial charge in [-0.05, 0) is 42.5 Å². The third-order valence-electron chi connectivity index (χ3n) is 3.24. The number of nitrogens with one attached hydrogen (secondary N) is 1. The highest BCUT2D eigenvalue weighted by molar-refractivity contribution is 6.53. The maximum absolute atomic E-state index is 12.6. The minimum Gasteiger partial charge on any atom is -0.350 e. The summed E-state index contributed by atoms with van der Waals surface area (Å²) in [7, 11) is 0. The standard InChI is InChI=1S/C16H8Cl4N2O2/c17-8-1-3-12(4-2-8)22-15(23)13(20)14(16(22)24)21-11-6-9(18)5-10(19)7-11/h1-7,21H. The Bertz CT molecular complexity index is 858. The summed E-state index contributed by atoms with van der Waals surface area (Å²) >= 11 is 23.7. The molecule has 8 heteroatoms. The van der Waals surface area contributed by atoms with Crippen LogP contribution in [0.2, 0.25) is 15.1 Å². The number of halogens is 4. The maximum atomic E-state index is 12.6. The summed E-state index contributed by atoms with van der Waals surface area (Å²) < 4.78 is 0. The van der Waals surface area contributed by atoms with E-state index in [1.807, 2.05) is 0 Å². The molecule has 122 valence electrons. The van der Waals surface area contributed by atoms with Gasteiger partial charge in [-0.15, -0.1) is 0 Å². The van der Waals surface area contributed by atoms with Crippen LogP contribution in [0.1, 0.15) is 0 Å². The van der Waals surface area contributed by atoms with Gasteiger partial charge in [-0.3, -0.25) is 9.59 Å². The fourth-order valence-corrected chi connectivity index (χ4v) is 3.07. The molecule has 24 heavy (non-hydrogen) atoms. The molecule has 0 bridgehead atoms. The summed E-state index contributed by atoms with van der Waals surface area (Å²) in [6.07, 6.45) is 0. The number of carbonyl (C=O) groups is 2. The molecule has 0 aliphatic carbocycles. The monoisotopic (exact) mass is 400 g/mol. The highest BCUT2D eigenvalue weighted by Crippen LogP contribution is 2.32. The van der Waals surface area contributed by atoms with Crippen LogP contribution in [0, 0.1) is 0 Å². The van der Waals surface area contributed by atoms with Gasteiger partial charge in [0.05, 0.1) is 5.69 Å². The number of anilines is 2. The van der Waals surface area contributed by atoms with E-state index in [0.717, 1.165) is 4.90 Å². The molecular weight excluding hydrogens is 394 g/mol. The minimum absolute atomic E-state index is 0.0463. The van der Waals surface area contributed by atoms with Crippen LogP contribution in [0.3, 0.4) is 0 Å². The van der Waals surface area contributed by atoms with E-state index in [1.54, 1.807) is 42.5 Å². The van der Waals surface area contributed by atoms with Crippen molar-refractivity contribution in [2.75, 3.05) is 10.2 Å². The lowest BCUT2D eigenvalue weighted by Crippen LogP contribution is -2.32. The average Bonchev–Trinajstić information content (AvgIpc) is 2.71. The molecule has 2 amide bonds. The summed E-state index contributed by atoms with van der Waals surface area (Å²) in [5.41, 5.74) is 0.767. The van der Waals surface area contributed by atoms with Crippen LogP contribution in [-0.4, -0.2) is 11.8 Å². The van der Waals surface area contributed by atoms with E-state index in [9.17, 15) is 9.59 Å². The van der Waals surface area contributed by atoms with E-state index in [1.165, 1.54) is 0 Å². The van der Waals surface area contributed by atoms with Crippen LogP contribution in [0.4, 0.5) is 11.4 Å². The average molecular weight is 402 g/mol. The van der Waals surface area contributed by atoms with E-state index in [2.05, 4.69) is 5.32 Å². The first-order chi connectivity index (χ1) is 11.4. The zero-order valence-electron chi connectivity index (χ0n) is 11.8. The summed E-state index contributed by atoms with van der Waals surface area (Å²) in [6.45, 7) is 0. The largest absolute Gasteiger partial charge is 0.350 e. The highest BCUT2D eigenvalue weighted by atomic mass is 35.5. The molecule has 3 rings (SSSR count). The first kappa shape index (κ1) is 17.1. The SMILES string of the molecule is O=C1C(Cl)=C(Nc2cc(Cl)cc(Cl)c2)C(=O)N1c1ccc(Cl)cc1. The lowest BCUT2D eigenvalue weighted by molar-refractivity contribution is -0.120. The van der Waals surface area contributed by atoms with Crippen molar-refractivity contribution in [3.8, 4) is 0 Å². The topological polar surface area (TPSA) is 49.4 Å². The van der Waals surface area contributed by atoms with E-state index in [4.69, 9.17) is 46.4 Å². The summed E-state index contributed by atoms with van der Waals surface area (Å²) in [5.74, 6) is -1.21. The van der Waals surface area contributed by atoms with E-state index < -0.39 is 11.8 Å². The first-order valence-corrected chi connectivity index (χ1v) is 8.15. The fraction of sp³-hybridized carbons (Fsp3) is 0. The van der Waals surface area contributed by atoms with Gasteiger partial charge >= 0.3 is 0 Å². The molecule has 1 aliphatic heterocycles. The zero-order valence-corrected chi connectivity index (χ0v) is 14.8. The quantitative estimate of drug-likeness (QED) is 0.729. The molecule has 1 N–H and O–H groups in total. The highest BCUT2D eigenvalue weighted by Gasteiger charge is 2.38. The van der Waals surface area contributed by atoms with Gasteiger partial charge in [0.1, 0.15) is 10.7 Å². The van der Waals surface area contributed by atoms with Crippen molar-refractivity contribution in [2.45, 2.75) is 0 Å². The van der Waals surface area contributed by atoms with Crippen molar-refractivity contribution in [1.82, 2.24) is 0 Å². The van der Waals surface area contributed by atoms with Gasteiger partial charge in [0.25, 0.3) is 11.8 Å². The number of hydrogen-bond acceptors (Lipinski definition) is 3. The predicted octanol–water partition coefficient (Wildman–Crippen LogP) is 5.08. The molecule has 0 unspecified atom stereocenters. The minimum atomic E-state index is -0.625.